The van der Waals surface area contributed by atoms with Crippen LogP contribution in [0.25, 0.3) is 0 Å². The Kier molecular flexibility index (Phi) is 7.97. The SMILES string of the molecule is C=CC(=O)Nc1cccc(Nc2cc(Nc3cccc(N4CCN(CCO)CC4)c3)ccc2F)c1. The summed E-state index contributed by atoms with van der Waals surface area (Å²) >= 11 is 0. The molecule has 35 heavy (non-hydrogen) atoms. The fourth-order valence-electron chi connectivity index (χ4n) is 4.04. The van der Waals surface area contributed by atoms with Gasteiger partial charge in [0.25, 0.3) is 0 Å². The summed E-state index contributed by atoms with van der Waals surface area (Å²) in [5, 5.41) is 18.3. The topological polar surface area (TPSA) is 79.9 Å². The minimum atomic E-state index is -0.384. The van der Waals surface area contributed by atoms with Crippen molar-refractivity contribution in [2.45, 2.75) is 0 Å². The van der Waals surface area contributed by atoms with Gasteiger partial charge in [0, 0.05) is 61.2 Å². The second-order valence-electron chi connectivity index (χ2n) is 8.32. The Morgan fingerprint density at radius 3 is 2.34 bits per heavy atom. The number of β-amino-alcohol motifs (C(OH)–C–C–N with tert-alkyl or cyclic N) is 1. The molecule has 3 aromatic carbocycles. The van der Waals surface area contributed by atoms with E-state index < -0.39 is 0 Å². The molecular formula is C27H30FN5O2. The highest BCUT2D eigenvalue weighted by atomic mass is 19.1. The van der Waals surface area contributed by atoms with Gasteiger partial charge in [-0.2, -0.15) is 0 Å². The Hall–Kier alpha value is -3.88. The average Bonchev–Trinajstić information content (AvgIpc) is 2.87. The molecule has 1 fully saturated rings. The van der Waals surface area contributed by atoms with E-state index in [-0.39, 0.29) is 18.3 Å². The zero-order chi connectivity index (χ0) is 24.6. The second-order valence-corrected chi connectivity index (χ2v) is 8.32. The highest BCUT2D eigenvalue weighted by Crippen LogP contribution is 2.28. The van der Waals surface area contributed by atoms with Gasteiger partial charge in [0.15, 0.2) is 0 Å². The largest absolute Gasteiger partial charge is 0.395 e. The van der Waals surface area contributed by atoms with Gasteiger partial charge in [-0.3, -0.25) is 9.69 Å². The summed E-state index contributed by atoms with van der Waals surface area (Å²) in [7, 11) is 0. The lowest BCUT2D eigenvalue weighted by Crippen LogP contribution is -2.47. The van der Waals surface area contributed by atoms with Crippen molar-refractivity contribution in [3.8, 4) is 0 Å². The van der Waals surface area contributed by atoms with Crippen molar-refractivity contribution in [2.75, 3.05) is 60.2 Å². The molecule has 1 amide bonds. The molecule has 4 N–H and O–H groups in total. The van der Waals surface area contributed by atoms with Crippen molar-refractivity contribution in [1.29, 1.82) is 0 Å². The normalized spacial score (nSPS) is 13.8. The number of aliphatic hydroxyl groups is 1. The summed E-state index contributed by atoms with van der Waals surface area (Å²) in [4.78, 5) is 16.1. The Labute approximate surface area is 204 Å². The number of nitrogens with one attached hydrogen (secondary N) is 3. The fourth-order valence-corrected chi connectivity index (χ4v) is 4.04. The van der Waals surface area contributed by atoms with Crippen LogP contribution in [0.1, 0.15) is 0 Å². The fraction of sp³-hybridized carbons (Fsp3) is 0.222. The molecule has 0 radical (unpaired) electrons. The van der Waals surface area contributed by atoms with E-state index in [1.807, 2.05) is 12.1 Å². The number of rotatable bonds is 9. The van der Waals surface area contributed by atoms with E-state index in [1.165, 1.54) is 12.1 Å². The van der Waals surface area contributed by atoms with Crippen LogP contribution in [0, 0.1) is 5.82 Å². The summed E-state index contributed by atoms with van der Waals surface area (Å²) in [6.45, 7) is 7.99. The number of carbonyl (C=O) groups is 1. The Balaban J connectivity index is 1.44. The molecular weight excluding hydrogens is 445 g/mol. The quantitative estimate of drug-likeness (QED) is 0.340. The third-order valence-electron chi connectivity index (χ3n) is 5.85. The predicted molar refractivity (Wildman–Crippen MR) is 140 cm³/mol. The predicted octanol–water partition coefficient (Wildman–Crippen LogP) is 4.55. The van der Waals surface area contributed by atoms with Gasteiger partial charge in [0.1, 0.15) is 5.82 Å². The lowest BCUT2D eigenvalue weighted by Gasteiger charge is -2.36. The highest BCUT2D eigenvalue weighted by Gasteiger charge is 2.17. The van der Waals surface area contributed by atoms with Gasteiger partial charge in [0.2, 0.25) is 5.91 Å². The average molecular weight is 476 g/mol. The van der Waals surface area contributed by atoms with Crippen molar-refractivity contribution in [3.05, 3.63) is 85.2 Å². The molecule has 0 aliphatic carbocycles. The van der Waals surface area contributed by atoms with Gasteiger partial charge in [-0.15, -0.1) is 0 Å². The number of piperazine rings is 1. The van der Waals surface area contributed by atoms with Gasteiger partial charge >= 0.3 is 0 Å². The third kappa shape index (κ3) is 6.59. The Bertz CT molecular complexity index is 1180. The van der Waals surface area contributed by atoms with Crippen molar-refractivity contribution < 1.29 is 14.3 Å². The van der Waals surface area contributed by atoms with Gasteiger partial charge < -0.3 is 26.0 Å². The highest BCUT2D eigenvalue weighted by molar-refractivity contribution is 5.99. The molecule has 0 bridgehead atoms. The minimum Gasteiger partial charge on any atom is -0.395 e. The Morgan fingerprint density at radius 1 is 0.914 bits per heavy atom. The zero-order valence-electron chi connectivity index (χ0n) is 19.5. The van der Waals surface area contributed by atoms with Crippen molar-refractivity contribution in [3.63, 3.8) is 0 Å². The van der Waals surface area contributed by atoms with Crippen LogP contribution in [-0.2, 0) is 4.79 Å². The van der Waals surface area contributed by atoms with Crippen LogP contribution in [0.15, 0.2) is 79.4 Å². The number of aliphatic hydroxyl groups excluding tert-OH is 1. The standard InChI is InChI=1S/C27H30FN5O2/c1-2-27(35)31-21-6-3-5-20(17-21)30-26-19-23(9-10-25(26)28)29-22-7-4-8-24(18-22)33-13-11-32(12-14-33)15-16-34/h2-10,17-19,29-30,34H,1,11-16H2,(H,31,35). The zero-order valence-corrected chi connectivity index (χ0v) is 19.5. The summed E-state index contributed by atoms with van der Waals surface area (Å²) in [6, 6.07) is 20.0. The number of anilines is 6. The number of nitrogens with zero attached hydrogens (tertiary/aromatic N) is 2. The molecule has 1 aliphatic heterocycles. The molecule has 1 heterocycles. The summed E-state index contributed by atoms with van der Waals surface area (Å²) in [5.41, 5.74) is 4.33. The molecule has 182 valence electrons. The first-order chi connectivity index (χ1) is 17.0. The van der Waals surface area contributed by atoms with E-state index in [0.717, 1.165) is 43.2 Å². The monoisotopic (exact) mass is 475 g/mol. The lowest BCUT2D eigenvalue weighted by atomic mass is 10.2. The van der Waals surface area contributed by atoms with E-state index >= 15 is 0 Å². The number of halogens is 1. The molecule has 0 spiro atoms. The maximum atomic E-state index is 14.6. The number of amides is 1. The number of hydrogen-bond donors (Lipinski definition) is 4. The molecule has 4 rings (SSSR count). The maximum absolute atomic E-state index is 14.6. The van der Waals surface area contributed by atoms with Crippen LogP contribution < -0.4 is 20.9 Å². The summed E-state index contributed by atoms with van der Waals surface area (Å²) in [6.07, 6.45) is 1.20. The molecule has 0 atom stereocenters. The first kappa shape index (κ1) is 24.3. The number of hydrogen-bond acceptors (Lipinski definition) is 6. The number of carbonyl (C=O) groups excluding carboxylic acids is 1. The van der Waals surface area contributed by atoms with Crippen molar-refractivity contribution >= 4 is 40.0 Å². The van der Waals surface area contributed by atoms with E-state index in [0.29, 0.717) is 23.6 Å². The van der Waals surface area contributed by atoms with E-state index in [1.54, 1.807) is 36.4 Å². The molecule has 3 aromatic rings. The second kappa shape index (κ2) is 11.5. The van der Waals surface area contributed by atoms with E-state index in [2.05, 4.69) is 44.5 Å². The van der Waals surface area contributed by atoms with Crippen LogP contribution in [0.3, 0.4) is 0 Å². The number of benzene rings is 3. The molecule has 7 nitrogen and oxygen atoms in total. The van der Waals surface area contributed by atoms with Crippen LogP contribution in [-0.4, -0.2) is 55.2 Å². The molecule has 1 aliphatic rings. The first-order valence-electron chi connectivity index (χ1n) is 11.6. The Morgan fingerprint density at radius 2 is 1.60 bits per heavy atom. The van der Waals surface area contributed by atoms with Crippen molar-refractivity contribution in [2.24, 2.45) is 0 Å². The third-order valence-corrected chi connectivity index (χ3v) is 5.85. The van der Waals surface area contributed by atoms with Gasteiger partial charge in [-0.1, -0.05) is 18.7 Å². The molecule has 0 saturated carbocycles. The smallest absolute Gasteiger partial charge is 0.247 e. The van der Waals surface area contributed by atoms with Crippen LogP contribution in [0.5, 0.6) is 0 Å². The van der Waals surface area contributed by atoms with E-state index in [4.69, 9.17) is 5.11 Å². The molecule has 0 aromatic heterocycles. The summed E-state index contributed by atoms with van der Waals surface area (Å²) < 4.78 is 14.6. The van der Waals surface area contributed by atoms with Gasteiger partial charge in [-0.05, 0) is 60.7 Å². The first-order valence-corrected chi connectivity index (χ1v) is 11.6. The van der Waals surface area contributed by atoms with Crippen molar-refractivity contribution in [1.82, 2.24) is 4.90 Å². The van der Waals surface area contributed by atoms with Crippen LogP contribution >= 0.6 is 0 Å². The van der Waals surface area contributed by atoms with Gasteiger partial charge in [-0.25, -0.2) is 4.39 Å². The lowest BCUT2D eigenvalue weighted by molar-refractivity contribution is -0.111. The van der Waals surface area contributed by atoms with Gasteiger partial charge in [0.05, 0.1) is 12.3 Å². The molecule has 8 heteroatoms. The van der Waals surface area contributed by atoms with Crippen LogP contribution in [0.4, 0.5) is 38.5 Å². The van der Waals surface area contributed by atoms with E-state index in [9.17, 15) is 9.18 Å². The molecule has 1 saturated heterocycles. The maximum Gasteiger partial charge on any atom is 0.247 e. The summed E-state index contributed by atoms with van der Waals surface area (Å²) in [5.74, 6) is -0.695. The molecule has 0 unspecified atom stereocenters. The van der Waals surface area contributed by atoms with Crippen LogP contribution in [0.2, 0.25) is 0 Å². The minimum absolute atomic E-state index is 0.186.